The molecular weight excluding hydrogens is 402 g/mol. The third-order valence-electron chi connectivity index (χ3n) is 4.76. The highest BCUT2D eigenvalue weighted by Crippen LogP contribution is 2.28. The lowest BCUT2D eigenvalue weighted by Gasteiger charge is -2.11. The zero-order valence-electron chi connectivity index (χ0n) is 16.9. The van der Waals surface area contributed by atoms with Crippen molar-refractivity contribution in [3.8, 4) is 11.5 Å². The molecule has 0 unspecified atom stereocenters. The number of aromatic nitrogens is 3. The minimum Gasteiger partial charge on any atom is -0.493 e. The predicted octanol–water partition coefficient (Wildman–Crippen LogP) is 4.99. The lowest BCUT2D eigenvalue weighted by atomic mass is 10.2. The highest BCUT2D eigenvalue weighted by molar-refractivity contribution is 6.30. The van der Waals surface area contributed by atoms with Crippen LogP contribution in [0.1, 0.15) is 5.56 Å². The van der Waals surface area contributed by atoms with Crippen LogP contribution in [0.5, 0.6) is 11.5 Å². The van der Waals surface area contributed by atoms with Crippen molar-refractivity contribution < 1.29 is 9.47 Å². The van der Waals surface area contributed by atoms with Gasteiger partial charge in [-0.3, -0.25) is 0 Å². The van der Waals surface area contributed by atoms with Crippen molar-refractivity contribution in [2.24, 2.45) is 7.05 Å². The second-order valence-electron chi connectivity index (χ2n) is 6.73. The number of hydrogen-bond donors (Lipinski definition) is 2. The number of pyridine rings is 1. The number of rotatable bonds is 7. The molecule has 2 heterocycles. The van der Waals surface area contributed by atoms with Gasteiger partial charge in [0.25, 0.3) is 0 Å². The summed E-state index contributed by atoms with van der Waals surface area (Å²) in [5.74, 6) is 2.87. The van der Waals surface area contributed by atoms with E-state index >= 15 is 0 Å². The lowest BCUT2D eigenvalue weighted by Crippen LogP contribution is -2.05. The highest BCUT2D eigenvalue weighted by atomic mass is 35.5. The standard InChI is InChI=1S/C22H22ClN5O2/c1-28-18-11-21(26-16-6-4-5-15(23)10-16)24-13-17(18)27-22(28)25-12-14-7-8-19(29-2)20(9-14)30-3/h4-11,13H,12H2,1-3H3,(H,24,26)(H,25,27). The summed E-state index contributed by atoms with van der Waals surface area (Å²) in [6.45, 7) is 0.596. The van der Waals surface area contributed by atoms with Crippen LogP contribution in [0.3, 0.4) is 0 Å². The Morgan fingerprint density at radius 2 is 1.87 bits per heavy atom. The smallest absolute Gasteiger partial charge is 0.203 e. The number of methoxy groups -OCH3 is 2. The van der Waals surface area contributed by atoms with E-state index in [2.05, 4.69) is 20.6 Å². The molecule has 4 rings (SSSR count). The normalized spacial score (nSPS) is 10.8. The van der Waals surface area contributed by atoms with Crippen LogP contribution in [-0.4, -0.2) is 28.8 Å². The van der Waals surface area contributed by atoms with Crippen molar-refractivity contribution >= 4 is 40.1 Å². The lowest BCUT2D eigenvalue weighted by molar-refractivity contribution is 0.354. The first-order valence-electron chi connectivity index (χ1n) is 9.37. The third kappa shape index (κ3) is 4.11. The maximum Gasteiger partial charge on any atom is 0.203 e. The van der Waals surface area contributed by atoms with E-state index < -0.39 is 0 Å². The van der Waals surface area contributed by atoms with Gasteiger partial charge in [0.2, 0.25) is 5.95 Å². The molecule has 0 aliphatic carbocycles. The Morgan fingerprint density at radius 1 is 1.03 bits per heavy atom. The third-order valence-corrected chi connectivity index (χ3v) is 5.00. The molecule has 2 N–H and O–H groups in total. The van der Waals surface area contributed by atoms with Gasteiger partial charge in [0.15, 0.2) is 11.5 Å². The van der Waals surface area contributed by atoms with E-state index in [9.17, 15) is 0 Å². The van der Waals surface area contributed by atoms with Gasteiger partial charge >= 0.3 is 0 Å². The van der Waals surface area contributed by atoms with Crippen molar-refractivity contribution in [2.75, 3.05) is 24.9 Å². The first-order valence-corrected chi connectivity index (χ1v) is 9.75. The topological polar surface area (TPSA) is 73.2 Å². The second-order valence-corrected chi connectivity index (χ2v) is 7.17. The van der Waals surface area contributed by atoms with E-state index in [0.717, 1.165) is 34.1 Å². The van der Waals surface area contributed by atoms with Gasteiger partial charge in [0.1, 0.15) is 11.3 Å². The van der Waals surface area contributed by atoms with Crippen LogP contribution in [0.2, 0.25) is 5.02 Å². The largest absolute Gasteiger partial charge is 0.493 e. The quantitative estimate of drug-likeness (QED) is 0.436. The minimum atomic E-state index is 0.596. The number of ether oxygens (including phenoxy) is 2. The summed E-state index contributed by atoms with van der Waals surface area (Å²) >= 11 is 6.06. The molecule has 0 aliphatic rings. The highest BCUT2D eigenvalue weighted by Gasteiger charge is 2.10. The van der Waals surface area contributed by atoms with E-state index in [1.807, 2.05) is 60.1 Å². The molecule has 0 atom stereocenters. The molecule has 8 heteroatoms. The maximum atomic E-state index is 6.06. The van der Waals surface area contributed by atoms with Crippen molar-refractivity contribution in [3.05, 3.63) is 65.3 Å². The number of nitrogens with zero attached hydrogens (tertiary/aromatic N) is 3. The number of nitrogens with one attached hydrogen (secondary N) is 2. The summed E-state index contributed by atoms with van der Waals surface area (Å²) < 4.78 is 12.7. The Labute approximate surface area is 179 Å². The van der Waals surface area contributed by atoms with Crippen molar-refractivity contribution in [3.63, 3.8) is 0 Å². The molecule has 0 spiro atoms. The molecule has 2 aromatic heterocycles. The number of aryl methyl sites for hydroxylation is 1. The minimum absolute atomic E-state index is 0.596. The molecule has 0 radical (unpaired) electrons. The van der Waals surface area contributed by atoms with Gasteiger partial charge in [-0.15, -0.1) is 0 Å². The molecular formula is C22H22ClN5O2. The van der Waals surface area contributed by atoms with Crippen LogP contribution < -0.4 is 20.1 Å². The molecule has 0 saturated carbocycles. The average molecular weight is 424 g/mol. The number of imidazole rings is 1. The fraction of sp³-hybridized carbons (Fsp3) is 0.182. The molecule has 0 saturated heterocycles. The Kier molecular flexibility index (Phi) is 5.63. The van der Waals surface area contributed by atoms with Crippen LogP contribution in [-0.2, 0) is 13.6 Å². The van der Waals surface area contributed by atoms with Gasteiger partial charge < -0.3 is 24.7 Å². The number of halogens is 1. The summed E-state index contributed by atoms with van der Waals surface area (Å²) in [5.41, 5.74) is 3.71. The SMILES string of the molecule is COc1ccc(CNc2nc3cnc(Nc4cccc(Cl)c4)cc3n2C)cc1OC. The van der Waals surface area contributed by atoms with Crippen LogP contribution in [0.25, 0.3) is 11.0 Å². The van der Waals surface area contributed by atoms with Crippen LogP contribution >= 0.6 is 11.6 Å². The maximum absolute atomic E-state index is 6.06. The Bertz CT molecular complexity index is 1190. The molecule has 30 heavy (non-hydrogen) atoms. The molecule has 0 fully saturated rings. The fourth-order valence-electron chi connectivity index (χ4n) is 3.21. The number of benzene rings is 2. The zero-order chi connectivity index (χ0) is 21.1. The molecule has 154 valence electrons. The molecule has 4 aromatic rings. The number of hydrogen-bond acceptors (Lipinski definition) is 6. The average Bonchev–Trinajstić information content (AvgIpc) is 3.07. The second kappa shape index (κ2) is 8.51. The van der Waals surface area contributed by atoms with Gasteiger partial charge in [-0.25, -0.2) is 9.97 Å². The van der Waals surface area contributed by atoms with Crippen molar-refractivity contribution in [1.29, 1.82) is 0 Å². The van der Waals surface area contributed by atoms with Gasteiger partial charge in [0, 0.05) is 30.4 Å². The Balaban J connectivity index is 1.53. The molecule has 7 nitrogen and oxygen atoms in total. The van der Waals surface area contributed by atoms with Crippen LogP contribution in [0.4, 0.5) is 17.5 Å². The number of anilines is 3. The number of fused-ring (bicyclic) bond motifs is 1. The first-order chi connectivity index (χ1) is 14.6. The summed E-state index contributed by atoms with van der Waals surface area (Å²) in [4.78, 5) is 9.11. The van der Waals surface area contributed by atoms with Crippen LogP contribution in [0, 0.1) is 0 Å². The molecule has 2 aromatic carbocycles. The van der Waals surface area contributed by atoms with E-state index in [-0.39, 0.29) is 0 Å². The van der Waals surface area contributed by atoms with Gasteiger partial charge in [-0.05, 0) is 35.9 Å². The summed E-state index contributed by atoms with van der Waals surface area (Å²) in [6, 6.07) is 15.3. The first kappa shape index (κ1) is 19.8. The fourth-order valence-corrected chi connectivity index (χ4v) is 3.40. The van der Waals surface area contributed by atoms with Gasteiger partial charge in [0.05, 0.1) is 25.9 Å². The summed E-state index contributed by atoms with van der Waals surface area (Å²) in [6.07, 6.45) is 1.75. The van der Waals surface area contributed by atoms with Crippen molar-refractivity contribution in [2.45, 2.75) is 6.54 Å². The Morgan fingerprint density at radius 3 is 2.63 bits per heavy atom. The van der Waals surface area contributed by atoms with E-state index in [4.69, 9.17) is 21.1 Å². The molecule has 0 aliphatic heterocycles. The van der Waals surface area contributed by atoms with E-state index in [1.165, 1.54) is 0 Å². The summed E-state index contributed by atoms with van der Waals surface area (Å²) in [7, 11) is 5.22. The monoisotopic (exact) mass is 423 g/mol. The van der Waals surface area contributed by atoms with E-state index in [0.29, 0.717) is 23.1 Å². The van der Waals surface area contributed by atoms with Gasteiger partial charge in [-0.2, -0.15) is 0 Å². The van der Waals surface area contributed by atoms with Crippen LogP contribution in [0.15, 0.2) is 54.7 Å². The summed E-state index contributed by atoms with van der Waals surface area (Å²) in [5, 5.41) is 7.32. The molecule has 0 amide bonds. The zero-order valence-corrected chi connectivity index (χ0v) is 17.7. The predicted molar refractivity (Wildman–Crippen MR) is 120 cm³/mol. The van der Waals surface area contributed by atoms with Crippen molar-refractivity contribution in [1.82, 2.24) is 14.5 Å². The molecule has 0 bridgehead atoms. The van der Waals surface area contributed by atoms with E-state index in [1.54, 1.807) is 20.4 Å². The Hall–Kier alpha value is -3.45. The van der Waals surface area contributed by atoms with Gasteiger partial charge in [-0.1, -0.05) is 23.7 Å².